The summed E-state index contributed by atoms with van der Waals surface area (Å²) in [4.78, 5) is 18.6. The number of likely N-dealkylation sites (tertiary alicyclic amines) is 1. The molecule has 0 aromatic carbocycles. The van der Waals surface area contributed by atoms with Gasteiger partial charge in [0.25, 0.3) is 0 Å². The maximum Gasteiger partial charge on any atom is 0.249 e. The van der Waals surface area contributed by atoms with Gasteiger partial charge in [0.15, 0.2) is 5.82 Å². The van der Waals surface area contributed by atoms with Gasteiger partial charge < -0.3 is 14.2 Å². The second-order valence-corrected chi connectivity index (χ2v) is 5.49. The number of piperidine rings is 1. The van der Waals surface area contributed by atoms with E-state index in [2.05, 4.69) is 17.1 Å². The molecule has 0 radical (unpaired) electrons. The highest BCUT2D eigenvalue weighted by Crippen LogP contribution is 2.30. The van der Waals surface area contributed by atoms with Crippen LogP contribution in [0.5, 0.6) is 0 Å². The van der Waals surface area contributed by atoms with E-state index in [1.54, 1.807) is 7.11 Å². The van der Waals surface area contributed by atoms with Crippen molar-refractivity contribution >= 4 is 5.91 Å². The average molecular weight is 295 g/mol. The third-order valence-electron chi connectivity index (χ3n) is 3.87. The summed E-state index contributed by atoms with van der Waals surface area (Å²) in [6.45, 7) is 3.35. The summed E-state index contributed by atoms with van der Waals surface area (Å²) in [6, 6.07) is -0.0639. The van der Waals surface area contributed by atoms with E-state index in [0.29, 0.717) is 18.9 Å². The summed E-state index contributed by atoms with van der Waals surface area (Å²) in [5.74, 6) is 1.45. The third kappa shape index (κ3) is 4.27. The van der Waals surface area contributed by atoms with Crippen molar-refractivity contribution in [2.45, 2.75) is 57.9 Å². The summed E-state index contributed by atoms with van der Waals surface area (Å²) in [5, 5.41) is 4.04. The Labute approximate surface area is 125 Å². The van der Waals surface area contributed by atoms with Gasteiger partial charge in [-0.1, -0.05) is 18.5 Å². The molecular weight excluding hydrogens is 270 g/mol. The van der Waals surface area contributed by atoms with Crippen LogP contribution >= 0.6 is 0 Å². The van der Waals surface area contributed by atoms with Crippen molar-refractivity contribution in [2.24, 2.45) is 0 Å². The zero-order valence-electron chi connectivity index (χ0n) is 13.0. The summed E-state index contributed by atoms with van der Waals surface area (Å²) in [6.07, 6.45) is 6.43. The van der Waals surface area contributed by atoms with Gasteiger partial charge in [0.05, 0.1) is 13.0 Å². The predicted molar refractivity (Wildman–Crippen MR) is 77.7 cm³/mol. The zero-order chi connectivity index (χ0) is 15.1. The van der Waals surface area contributed by atoms with Crippen LogP contribution in [0.1, 0.15) is 63.2 Å². The molecule has 1 fully saturated rings. The Morgan fingerprint density at radius 3 is 3.10 bits per heavy atom. The van der Waals surface area contributed by atoms with Gasteiger partial charge >= 0.3 is 0 Å². The highest BCUT2D eigenvalue weighted by atomic mass is 16.5. The molecule has 21 heavy (non-hydrogen) atoms. The van der Waals surface area contributed by atoms with E-state index in [-0.39, 0.29) is 11.9 Å². The number of aryl methyl sites for hydroxylation is 1. The lowest BCUT2D eigenvalue weighted by molar-refractivity contribution is -0.136. The van der Waals surface area contributed by atoms with Crippen LogP contribution in [0.4, 0.5) is 0 Å². The normalized spacial score (nSPS) is 19.0. The standard InChI is InChI=1S/C15H25N3O3/c1-3-4-8-13-16-15(21-17-13)12-7-5-6-10-18(12)14(19)9-11-20-2/h12H,3-11H2,1-2H3. The Balaban J connectivity index is 2.03. The van der Waals surface area contributed by atoms with E-state index in [1.807, 2.05) is 4.90 Å². The minimum Gasteiger partial charge on any atom is -0.384 e. The molecular formula is C15H25N3O3. The van der Waals surface area contributed by atoms with Gasteiger partial charge in [-0.2, -0.15) is 4.98 Å². The summed E-state index contributed by atoms with van der Waals surface area (Å²) in [5.41, 5.74) is 0. The summed E-state index contributed by atoms with van der Waals surface area (Å²) < 4.78 is 10.4. The van der Waals surface area contributed by atoms with Gasteiger partial charge in [-0.05, 0) is 25.7 Å². The zero-order valence-corrected chi connectivity index (χ0v) is 13.0. The number of carbonyl (C=O) groups is 1. The van der Waals surface area contributed by atoms with Gasteiger partial charge in [-0.15, -0.1) is 0 Å². The number of carbonyl (C=O) groups excluding carboxylic acids is 1. The van der Waals surface area contributed by atoms with Crippen molar-refractivity contribution in [2.75, 3.05) is 20.3 Å². The second-order valence-electron chi connectivity index (χ2n) is 5.49. The molecule has 1 saturated heterocycles. The molecule has 0 saturated carbocycles. The average Bonchev–Trinajstić information content (AvgIpc) is 2.99. The van der Waals surface area contributed by atoms with E-state index in [9.17, 15) is 4.79 Å². The lowest BCUT2D eigenvalue weighted by atomic mass is 10.0. The van der Waals surface area contributed by atoms with Crippen molar-refractivity contribution < 1.29 is 14.1 Å². The van der Waals surface area contributed by atoms with E-state index < -0.39 is 0 Å². The van der Waals surface area contributed by atoms with Crippen LogP contribution in [-0.2, 0) is 16.0 Å². The van der Waals surface area contributed by atoms with Crippen molar-refractivity contribution in [1.82, 2.24) is 15.0 Å². The lowest BCUT2D eigenvalue weighted by Crippen LogP contribution is -2.39. The highest BCUT2D eigenvalue weighted by molar-refractivity contribution is 5.76. The van der Waals surface area contributed by atoms with Gasteiger partial charge in [-0.25, -0.2) is 0 Å². The maximum atomic E-state index is 12.3. The minimum atomic E-state index is -0.0639. The molecule has 1 aliphatic rings. The lowest BCUT2D eigenvalue weighted by Gasteiger charge is -2.33. The molecule has 2 rings (SSSR count). The number of hydrogen-bond donors (Lipinski definition) is 0. The Morgan fingerprint density at radius 2 is 2.33 bits per heavy atom. The van der Waals surface area contributed by atoms with Crippen LogP contribution < -0.4 is 0 Å². The molecule has 1 aromatic heterocycles. The molecule has 0 spiro atoms. The van der Waals surface area contributed by atoms with E-state index in [0.717, 1.165) is 50.9 Å². The smallest absolute Gasteiger partial charge is 0.249 e. The SMILES string of the molecule is CCCCc1noc(C2CCCCN2C(=O)CCOC)n1. The number of aromatic nitrogens is 2. The molecule has 1 unspecified atom stereocenters. The monoisotopic (exact) mass is 295 g/mol. The Kier molecular flexibility index (Phi) is 6.17. The number of rotatable bonds is 7. The fourth-order valence-electron chi connectivity index (χ4n) is 2.66. The number of methoxy groups -OCH3 is 1. The molecule has 0 bridgehead atoms. The van der Waals surface area contributed by atoms with Crippen LogP contribution in [0.15, 0.2) is 4.52 Å². The minimum absolute atomic E-state index is 0.0639. The van der Waals surface area contributed by atoms with Crippen LogP contribution in [0.2, 0.25) is 0 Å². The quantitative estimate of drug-likeness (QED) is 0.773. The molecule has 0 N–H and O–H groups in total. The van der Waals surface area contributed by atoms with Crippen molar-refractivity contribution in [3.8, 4) is 0 Å². The molecule has 0 aliphatic carbocycles. The molecule has 1 amide bonds. The van der Waals surface area contributed by atoms with Crippen LogP contribution in [-0.4, -0.2) is 41.2 Å². The van der Waals surface area contributed by atoms with E-state index in [4.69, 9.17) is 9.26 Å². The molecule has 1 atom stereocenters. The fourth-order valence-corrected chi connectivity index (χ4v) is 2.66. The largest absolute Gasteiger partial charge is 0.384 e. The Bertz CT molecular complexity index is 447. The first-order valence-corrected chi connectivity index (χ1v) is 7.87. The number of amides is 1. The van der Waals surface area contributed by atoms with E-state index >= 15 is 0 Å². The van der Waals surface area contributed by atoms with Crippen LogP contribution in [0, 0.1) is 0 Å². The molecule has 6 heteroatoms. The molecule has 2 heterocycles. The summed E-state index contributed by atoms with van der Waals surface area (Å²) >= 11 is 0. The van der Waals surface area contributed by atoms with Gasteiger partial charge in [0.2, 0.25) is 11.8 Å². The van der Waals surface area contributed by atoms with Crippen LogP contribution in [0.25, 0.3) is 0 Å². The van der Waals surface area contributed by atoms with Crippen molar-refractivity contribution in [1.29, 1.82) is 0 Å². The molecule has 118 valence electrons. The van der Waals surface area contributed by atoms with Crippen molar-refractivity contribution in [3.05, 3.63) is 11.7 Å². The van der Waals surface area contributed by atoms with Crippen molar-refractivity contribution in [3.63, 3.8) is 0 Å². The molecule has 1 aromatic rings. The molecule has 6 nitrogen and oxygen atoms in total. The number of ether oxygens (including phenoxy) is 1. The number of nitrogens with zero attached hydrogens (tertiary/aromatic N) is 3. The van der Waals surface area contributed by atoms with Crippen LogP contribution in [0.3, 0.4) is 0 Å². The topological polar surface area (TPSA) is 68.5 Å². The first-order chi connectivity index (χ1) is 10.3. The fraction of sp³-hybridized carbons (Fsp3) is 0.800. The highest BCUT2D eigenvalue weighted by Gasteiger charge is 2.31. The van der Waals surface area contributed by atoms with E-state index in [1.165, 1.54) is 0 Å². The first kappa shape index (κ1) is 15.9. The maximum absolute atomic E-state index is 12.3. The molecule has 1 aliphatic heterocycles. The number of hydrogen-bond acceptors (Lipinski definition) is 5. The second kappa shape index (κ2) is 8.12. The Hall–Kier alpha value is -1.43. The Morgan fingerprint density at radius 1 is 1.48 bits per heavy atom. The first-order valence-electron chi connectivity index (χ1n) is 7.87. The van der Waals surface area contributed by atoms with Gasteiger partial charge in [0, 0.05) is 20.1 Å². The summed E-state index contributed by atoms with van der Waals surface area (Å²) in [7, 11) is 1.61. The third-order valence-corrected chi connectivity index (χ3v) is 3.87. The number of unbranched alkanes of at least 4 members (excludes halogenated alkanes) is 1. The van der Waals surface area contributed by atoms with Gasteiger partial charge in [0.1, 0.15) is 6.04 Å². The van der Waals surface area contributed by atoms with Gasteiger partial charge in [-0.3, -0.25) is 4.79 Å². The predicted octanol–water partition coefficient (Wildman–Crippen LogP) is 2.50.